The molecule has 0 radical (unpaired) electrons. The monoisotopic (exact) mass is 262 g/mol. The Morgan fingerprint density at radius 1 is 1.37 bits per heavy atom. The van der Waals surface area contributed by atoms with E-state index in [1.807, 2.05) is 0 Å². The van der Waals surface area contributed by atoms with Crippen LogP contribution in [0.2, 0.25) is 0 Å². The molecule has 1 aromatic carbocycles. The van der Waals surface area contributed by atoms with Crippen LogP contribution in [0.1, 0.15) is 31.1 Å². The number of nitrogens with one attached hydrogen (secondary N) is 1. The van der Waals surface area contributed by atoms with Crippen molar-refractivity contribution in [3.05, 3.63) is 34.2 Å². The summed E-state index contributed by atoms with van der Waals surface area (Å²) in [6, 6.07) is 4.68. The fourth-order valence-electron chi connectivity index (χ4n) is 1.97. The van der Waals surface area contributed by atoms with Crippen molar-refractivity contribution in [3.63, 3.8) is 0 Å². The third-order valence-electron chi connectivity index (χ3n) is 3.63. The van der Waals surface area contributed by atoms with E-state index in [0.717, 1.165) is 0 Å². The van der Waals surface area contributed by atoms with E-state index >= 15 is 0 Å². The van der Waals surface area contributed by atoms with E-state index in [4.69, 9.17) is 5.11 Å². The van der Waals surface area contributed by atoms with Gasteiger partial charge >= 0.3 is 11.7 Å². The predicted molar refractivity (Wildman–Crippen MR) is 73.5 cm³/mol. The Morgan fingerprint density at radius 3 is 2.63 bits per heavy atom. The minimum atomic E-state index is -0.987. The number of imidazole rings is 1. The number of fused-ring (bicyclic) bond motifs is 1. The lowest BCUT2D eigenvalue weighted by atomic mass is 9.98. The lowest BCUT2D eigenvalue weighted by molar-refractivity contribution is 0.0697. The van der Waals surface area contributed by atoms with Crippen LogP contribution in [-0.4, -0.2) is 20.6 Å². The van der Waals surface area contributed by atoms with Crippen molar-refractivity contribution in [2.24, 2.45) is 11.8 Å². The van der Waals surface area contributed by atoms with E-state index in [9.17, 15) is 9.59 Å². The zero-order valence-corrected chi connectivity index (χ0v) is 11.3. The maximum Gasteiger partial charge on any atom is 0.335 e. The first kappa shape index (κ1) is 13.4. The maximum absolute atomic E-state index is 11.9. The third-order valence-corrected chi connectivity index (χ3v) is 3.63. The molecule has 2 N–H and O–H groups in total. The summed E-state index contributed by atoms with van der Waals surface area (Å²) in [5.41, 5.74) is 1.32. The van der Waals surface area contributed by atoms with Gasteiger partial charge in [0.05, 0.1) is 16.6 Å². The summed E-state index contributed by atoms with van der Waals surface area (Å²) >= 11 is 0. The molecule has 1 aromatic heterocycles. The molecule has 0 saturated heterocycles. The molecule has 102 valence electrons. The van der Waals surface area contributed by atoms with E-state index in [-0.39, 0.29) is 11.3 Å². The lowest BCUT2D eigenvalue weighted by Gasteiger charge is -2.15. The van der Waals surface area contributed by atoms with Crippen LogP contribution in [-0.2, 0) is 6.54 Å². The van der Waals surface area contributed by atoms with E-state index in [1.54, 1.807) is 16.7 Å². The van der Waals surface area contributed by atoms with Gasteiger partial charge in [0.15, 0.2) is 0 Å². The second-order valence-electron chi connectivity index (χ2n) is 5.30. The van der Waals surface area contributed by atoms with E-state index in [2.05, 4.69) is 25.8 Å². The Bertz CT molecular complexity index is 667. The van der Waals surface area contributed by atoms with Crippen LogP contribution in [0.15, 0.2) is 23.0 Å². The van der Waals surface area contributed by atoms with Gasteiger partial charge in [0.1, 0.15) is 0 Å². The molecule has 0 saturated carbocycles. The van der Waals surface area contributed by atoms with Gasteiger partial charge in [-0.1, -0.05) is 20.8 Å². The highest BCUT2D eigenvalue weighted by atomic mass is 16.4. The van der Waals surface area contributed by atoms with Gasteiger partial charge in [0.2, 0.25) is 0 Å². The van der Waals surface area contributed by atoms with Gasteiger partial charge in [-0.3, -0.25) is 4.57 Å². The van der Waals surface area contributed by atoms with Crippen LogP contribution < -0.4 is 5.69 Å². The molecule has 5 nitrogen and oxygen atoms in total. The molecule has 0 fully saturated rings. The summed E-state index contributed by atoms with van der Waals surface area (Å²) in [4.78, 5) is 25.7. The first-order valence-corrected chi connectivity index (χ1v) is 6.36. The van der Waals surface area contributed by atoms with Crippen molar-refractivity contribution >= 4 is 17.0 Å². The van der Waals surface area contributed by atoms with Crippen molar-refractivity contribution in [1.82, 2.24) is 9.55 Å². The summed E-state index contributed by atoms with van der Waals surface area (Å²) in [6.07, 6.45) is 0. The first-order valence-electron chi connectivity index (χ1n) is 6.36. The van der Waals surface area contributed by atoms with Crippen LogP contribution in [0.5, 0.6) is 0 Å². The summed E-state index contributed by atoms with van der Waals surface area (Å²) in [5.74, 6) is -0.191. The molecule has 0 aliphatic rings. The number of aromatic carboxylic acids is 1. The summed E-state index contributed by atoms with van der Waals surface area (Å²) in [7, 11) is 0. The molecule has 1 heterocycles. The Labute approximate surface area is 110 Å². The number of carboxylic acid groups (broad SMARTS) is 1. The number of hydrogen-bond acceptors (Lipinski definition) is 2. The molecule has 5 heteroatoms. The zero-order chi connectivity index (χ0) is 14.2. The fraction of sp³-hybridized carbons (Fsp3) is 0.429. The number of rotatable bonds is 4. The Morgan fingerprint density at radius 2 is 2.05 bits per heavy atom. The van der Waals surface area contributed by atoms with Crippen molar-refractivity contribution < 1.29 is 9.90 Å². The summed E-state index contributed by atoms with van der Waals surface area (Å²) in [6.45, 7) is 6.87. The van der Waals surface area contributed by atoms with Crippen LogP contribution >= 0.6 is 0 Å². The topological polar surface area (TPSA) is 75.1 Å². The van der Waals surface area contributed by atoms with Crippen LogP contribution in [0.3, 0.4) is 0 Å². The highest BCUT2D eigenvalue weighted by Gasteiger charge is 2.14. The molecular weight excluding hydrogens is 244 g/mol. The molecule has 19 heavy (non-hydrogen) atoms. The predicted octanol–water partition coefficient (Wildman–Crippen LogP) is 2.32. The molecule has 2 aromatic rings. The molecule has 1 atom stereocenters. The van der Waals surface area contributed by atoms with Crippen LogP contribution in [0, 0.1) is 11.8 Å². The first-order chi connectivity index (χ1) is 8.90. The lowest BCUT2D eigenvalue weighted by Crippen LogP contribution is -2.22. The van der Waals surface area contributed by atoms with Crippen molar-refractivity contribution in [2.75, 3.05) is 0 Å². The van der Waals surface area contributed by atoms with E-state index in [0.29, 0.717) is 29.4 Å². The van der Waals surface area contributed by atoms with Crippen molar-refractivity contribution in [2.45, 2.75) is 27.3 Å². The number of benzene rings is 1. The molecular formula is C14H18N2O3. The van der Waals surface area contributed by atoms with E-state index < -0.39 is 5.97 Å². The van der Waals surface area contributed by atoms with Crippen LogP contribution in [0.4, 0.5) is 0 Å². The highest BCUT2D eigenvalue weighted by molar-refractivity contribution is 5.92. The number of carboxylic acids is 1. The number of aromatic nitrogens is 2. The van der Waals surface area contributed by atoms with E-state index in [1.165, 1.54) is 6.07 Å². The quantitative estimate of drug-likeness (QED) is 0.887. The summed E-state index contributed by atoms with van der Waals surface area (Å²) < 4.78 is 1.62. The number of aromatic amines is 1. The van der Waals surface area contributed by atoms with Crippen molar-refractivity contribution in [3.8, 4) is 0 Å². The number of hydrogen-bond donors (Lipinski definition) is 2. The van der Waals surface area contributed by atoms with Gasteiger partial charge in [0.25, 0.3) is 0 Å². The number of nitrogens with zero attached hydrogens (tertiary/aromatic N) is 1. The minimum absolute atomic E-state index is 0.190. The average Bonchev–Trinajstić information content (AvgIpc) is 2.65. The average molecular weight is 262 g/mol. The number of carbonyl (C=O) groups is 1. The molecule has 0 bridgehead atoms. The van der Waals surface area contributed by atoms with Crippen molar-refractivity contribution in [1.29, 1.82) is 0 Å². The normalized spacial score (nSPS) is 13.1. The SMILES string of the molecule is CC(C)C(C)Cn1c(=O)[nH]c2ccc(C(=O)O)cc21. The van der Waals surface area contributed by atoms with Gasteiger partial charge in [-0.15, -0.1) is 0 Å². The second kappa shape index (κ2) is 4.91. The molecule has 2 rings (SSSR count). The third kappa shape index (κ3) is 2.54. The largest absolute Gasteiger partial charge is 0.478 e. The fourth-order valence-corrected chi connectivity index (χ4v) is 1.97. The minimum Gasteiger partial charge on any atom is -0.478 e. The summed E-state index contributed by atoms with van der Waals surface area (Å²) in [5, 5.41) is 9.01. The van der Waals surface area contributed by atoms with Gasteiger partial charge in [0, 0.05) is 6.54 Å². The molecule has 0 spiro atoms. The Kier molecular flexibility index (Phi) is 3.46. The molecule has 0 amide bonds. The zero-order valence-electron chi connectivity index (χ0n) is 11.3. The Hall–Kier alpha value is -2.04. The van der Waals surface area contributed by atoms with Gasteiger partial charge in [-0.25, -0.2) is 9.59 Å². The second-order valence-corrected chi connectivity index (χ2v) is 5.30. The smallest absolute Gasteiger partial charge is 0.335 e. The number of H-pyrrole nitrogens is 1. The van der Waals surface area contributed by atoms with Crippen LogP contribution in [0.25, 0.3) is 11.0 Å². The molecule has 0 aliphatic heterocycles. The van der Waals surface area contributed by atoms with Gasteiger partial charge < -0.3 is 10.1 Å². The van der Waals surface area contributed by atoms with Gasteiger partial charge in [-0.05, 0) is 30.0 Å². The molecule has 0 aliphatic carbocycles. The van der Waals surface area contributed by atoms with Gasteiger partial charge in [-0.2, -0.15) is 0 Å². The Balaban J connectivity index is 2.53. The highest BCUT2D eigenvalue weighted by Crippen LogP contribution is 2.17. The molecule has 1 unspecified atom stereocenters. The maximum atomic E-state index is 11.9. The standard InChI is InChI=1S/C14H18N2O3/c1-8(2)9(3)7-16-12-6-10(13(17)18)4-5-11(12)15-14(16)19/h4-6,8-9H,7H2,1-3H3,(H,15,19)(H,17,18).